The summed E-state index contributed by atoms with van der Waals surface area (Å²) in [6, 6.07) is 15.9. The molecule has 0 bridgehead atoms. The Hall–Kier alpha value is -2.66. The molecule has 0 aliphatic carbocycles. The minimum Gasteiger partial charge on any atom is -0.329 e. The van der Waals surface area contributed by atoms with Crippen molar-refractivity contribution in [3.05, 3.63) is 54.7 Å². The molecule has 2 heterocycles. The van der Waals surface area contributed by atoms with E-state index < -0.39 is 0 Å². The highest BCUT2D eigenvalue weighted by atomic mass is 32.1. The zero-order valence-corrected chi connectivity index (χ0v) is 11.8. The first kappa shape index (κ1) is 12.1. The Morgan fingerprint density at radius 1 is 1.14 bits per heavy atom. The molecule has 0 saturated heterocycles. The van der Waals surface area contributed by atoms with Crippen LogP contribution in [-0.4, -0.2) is 15.8 Å². The zero-order chi connectivity index (χ0) is 14.2. The summed E-state index contributed by atoms with van der Waals surface area (Å²) in [7, 11) is 0. The van der Waals surface area contributed by atoms with Crippen LogP contribution >= 0.6 is 11.3 Å². The Morgan fingerprint density at radius 3 is 2.95 bits per heavy atom. The topological polar surface area (TPSA) is 46.4 Å². The molecule has 0 spiro atoms. The summed E-state index contributed by atoms with van der Waals surface area (Å²) < 4.78 is 3.33. The van der Waals surface area contributed by atoms with Crippen LogP contribution in [0.5, 0.6) is 0 Å². The number of anilines is 1. The van der Waals surface area contributed by atoms with Gasteiger partial charge in [0.05, 0.1) is 15.9 Å². The molecule has 1 N–H and O–H groups in total. The highest BCUT2D eigenvalue weighted by molar-refractivity contribution is 7.23. The van der Waals surface area contributed by atoms with Gasteiger partial charge in [0.25, 0.3) is 0 Å². The van der Waals surface area contributed by atoms with Crippen LogP contribution in [-0.2, 0) is 4.79 Å². The standard InChI is InChI=1S/C16H11N3OS/c20-10-17-12-5-3-4-11(8-12)13-9-19-14-6-1-2-7-15(14)21-16(19)18-13/h1-10H,(H,17,20). The van der Waals surface area contributed by atoms with Gasteiger partial charge in [-0.15, -0.1) is 0 Å². The van der Waals surface area contributed by atoms with E-state index in [-0.39, 0.29) is 0 Å². The Bertz CT molecular complexity index is 954. The Kier molecular flexibility index (Phi) is 2.72. The monoisotopic (exact) mass is 293 g/mol. The maximum absolute atomic E-state index is 10.5. The highest BCUT2D eigenvalue weighted by Gasteiger charge is 2.09. The van der Waals surface area contributed by atoms with Crippen molar-refractivity contribution in [1.29, 1.82) is 0 Å². The molecular weight excluding hydrogens is 282 g/mol. The van der Waals surface area contributed by atoms with Gasteiger partial charge in [-0.3, -0.25) is 9.20 Å². The normalized spacial score (nSPS) is 11.0. The lowest BCUT2D eigenvalue weighted by atomic mass is 10.1. The van der Waals surface area contributed by atoms with Gasteiger partial charge in [0.1, 0.15) is 0 Å². The molecule has 5 heteroatoms. The summed E-state index contributed by atoms with van der Waals surface area (Å²) in [6.45, 7) is 0. The van der Waals surface area contributed by atoms with E-state index in [0.717, 1.165) is 21.9 Å². The predicted octanol–water partition coefficient (Wildman–Crippen LogP) is 3.78. The Morgan fingerprint density at radius 2 is 2.05 bits per heavy atom. The molecule has 0 radical (unpaired) electrons. The molecule has 0 unspecified atom stereocenters. The van der Waals surface area contributed by atoms with Crippen molar-refractivity contribution in [3.63, 3.8) is 0 Å². The fourth-order valence-electron chi connectivity index (χ4n) is 2.42. The second kappa shape index (κ2) is 4.71. The fraction of sp³-hybridized carbons (Fsp3) is 0. The first-order valence-corrected chi connectivity index (χ1v) is 7.34. The van der Waals surface area contributed by atoms with Crippen LogP contribution in [0, 0.1) is 0 Å². The van der Waals surface area contributed by atoms with E-state index in [1.54, 1.807) is 11.3 Å². The smallest absolute Gasteiger partial charge is 0.211 e. The Balaban J connectivity index is 1.87. The molecule has 0 fully saturated rings. The maximum Gasteiger partial charge on any atom is 0.211 e. The molecular formula is C16H11N3OS. The molecule has 0 aliphatic heterocycles. The van der Waals surface area contributed by atoms with Crippen molar-refractivity contribution in [2.24, 2.45) is 0 Å². The van der Waals surface area contributed by atoms with Crippen LogP contribution in [0.3, 0.4) is 0 Å². The number of aromatic nitrogens is 2. The van der Waals surface area contributed by atoms with Crippen molar-refractivity contribution in [3.8, 4) is 11.3 Å². The summed E-state index contributed by atoms with van der Waals surface area (Å²) in [5.74, 6) is 0. The van der Waals surface area contributed by atoms with Crippen LogP contribution in [0.4, 0.5) is 5.69 Å². The molecule has 4 rings (SSSR count). The van der Waals surface area contributed by atoms with Gasteiger partial charge in [-0.1, -0.05) is 35.6 Å². The zero-order valence-electron chi connectivity index (χ0n) is 11.0. The number of nitrogens with zero attached hydrogens (tertiary/aromatic N) is 2. The molecule has 2 aromatic heterocycles. The van der Waals surface area contributed by atoms with Gasteiger partial charge >= 0.3 is 0 Å². The van der Waals surface area contributed by atoms with Gasteiger partial charge in [-0.2, -0.15) is 0 Å². The van der Waals surface area contributed by atoms with Crippen LogP contribution in [0.15, 0.2) is 54.7 Å². The molecule has 2 aromatic carbocycles. The molecule has 0 atom stereocenters. The van der Waals surface area contributed by atoms with Crippen LogP contribution in [0.2, 0.25) is 0 Å². The number of nitrogens with one attached hydrogen (secondary N) is 1. The number of rotatable bonds is 3. The summed E-state index contributed by atoms with van der Waals surface area (Å²) in [5.41, 5.74) is 3.82. The Labute approximate surface area is 124 Å². The molecule has 4 aromatic rings. The van der Waals surface area contributed by atoms with Crippen molar-refractivity contribution in [1.82, 2.24) is 9.38 Å². The summed E-state index contributed by atoms with van der Waals surface area (Å²) in [5, 5.41) is 2.66. The summed E-state index contributed by atoms with van der Waals surface area (Å²) in [6.07, 6.45) is 2.71. The van der Waals surface area contributed by atoms with E-state index in [1.165, 1.54) is 10.2 Å². The number of hydrogen-bond donors (Lipinski definition) is 1. The number of fused-ring (bicyclic) bond motifs is 3. The van der Waals surface area contributed by atoms with Crippen LogP contribution in [0.1, 0.15) is 0 Å². The van der Waals surface area contributed by atoms with E-state index in [2.05, 4.69) is 26.8 Å². The number of imidazole rings is 1. The third-order valence-corrected chi connectivity index (χ3v) is 4.42. The molecule has 21 heavy (non-hydrogen) atoms. The van der Waals surface area contributed by atoms with E-state index in [0.29, 0.717) is 6.41 Å². The van der Waals surface area contributed by atoms with E-state index in [1.807, 2.05) is 42.6 Å². The number of carbonyl (C=O) groups is 1. The summed E-state index contributed by atoms with van der Waals surface area (Å²) >= 11 is 1.67. The number of para-hydroxylation sites is 1. The second-order valence-electron chi connectivity index (χ2n) is 4.69. The lowest BCUT2D eigenvalue weighted by molar-refractivity contribution is -0.105. The first-order valence-electron chi connectivity index (χ1n) is 6.52. The quantitative estimate of drug-likeness (QED) is 0.584. The minimum absolute atomic E-state index is 0.679. The fourth-order valence-corrected chi connectivity index (χ4v) is 3.43. The highest BCUT2D eigenvalue weighted by Crippen LogP contribution is 2.29. The average Bonchev–Trinajstić information content (AvgIpc) is 3.05. The molecule has 4 nitrogen and oxygen atoms in total. The van der Waals surface area contributed by atoms with Gasteiger partial charge in [0.2, 0.25) is 6.41 Å². The molecule has 0 aliphatic rings. The minimum atomic E-state index is 0.679. The third kappa shape index (κ3) is 1.98. The first-order chi connectivity index (χ1) is 10.3. The van der Waals surface area contributed by atoms with Crippen molar-refractivity contribution in [2.45, 2.75) is 0 Å². The second-order valence-corrected chi connectivity index (χ2v) is 5.70. The number of benzene rings is 2. The van der Waals surface area contributed by atoms with Gasteiger partial charge < -0.3 is 5.32 Å². The van der Waals surface area contributed by atoms with E-state index in [9.17, 15) is 4.79 Å². The largest absolute Gasteiger partial charge is 0.329 e. The van der Waals surface area contributed by atoms with Crippen molar-refractivity contribution >= 4 is 38.6 Å². The summed E-state index contributed by atoms with van der Waals surface area (Å²) in [4.78, 5) is 16.2. The van der Waals surface area contributed by atoms with Gasteiger partial charge in [0, 0.05) is 17.4 Å². The maximum atomic E-state index is 10.5. The van der Waals surface area contributed by atoms with Crippen molar-refractivity contribution < 1.29 is 4.79 Å². The van der Waals surface area contributed by atoms with Crippen molar-refractivity contribution in [2.75, 3.05) is 5.32 Å². The molecule has 1 amide bonds. The van der Waals surface area contributed by atoms with E-state index in [4.69, 9.17) is 0 Å². The van der Waals surface area contributed by atoms with Gasteiger partial charge in [0.15, 0.2) is 4.96 Å². The van der Waals surface area contributed by atoms with Crippen LogP contribution < -0.4 is 5.32 Å². The third-order valence-electron chi connectivity index (χ3n) is 3.38. The lowest BCUT2D eigenvalue weighted by Gasteiger charge is -2.01. The number of amides is 1. The van der Waals surface area contributed by atoms with E-state index >= 15 is 0 Å². The predicted molar refractivity (Wildman–Crippen MR) is 85.7 cm³/mol. The number of hydrogen-bond acceptors (Lipinski definition) is 3. The SMILES string of the molecule is O=CNc1cccc(-c2cn3c(n2)sc2ccccc23)c1. The van der Waals surface area contributed by atoms with Crippen LogP contribution in [0.25, 0.3) is 26.4 Å². The number of carbonyl (C=O) groups excluding carboxylic acids is 1. The molecule has 0 saturated carbocycles. The average molecular weight is 293 g/mol. The van der Waals surface area contributed by atoms with Gasteiger partial charge in [-0.25, -0.2) is 4.98 Å². The van der Waals surface area contributed by atoms with Gasteiger partial charge in [-0.05, 0) is 24.3 Å². The lowest BCUT2D eigenvalue weighted by Crippen LogP contribution is -1.93. The number of thiazole rings is 1. The molecule has 102 valence electrons.